The van der Waals surface area contributed by atoms with Gasteiger partial charge in [-0.05, 0) is 24.1 Å². The Balaban J connectivity index is 1.14. The van der Waals surface area contributed by atoms with Crippen molar-refractivity contribution in [3.8, 4) is 5.69 Å². The number of fused-ring (bicyclic) bond motifs is 1. The zero-order valence-electron chi connectivity index (χ0n) is 18.9. The predicted molar refractivity (Wildman–Crippen MR) is 118 cm³/mol. The maximum atomic E-state index is 13.1. The van der Waals surface area contributed by atoms with Gasteiger partial charge in [0.25, 0.3) is 11.8 Å². The van der Waals surface area contributed by atoms with Crippen molar-refractivity contribution in [1.82, 2.24) is 45.1 Å². The Labute approximate surface area is 203 Å². The highest BCUT2D eigenvalue weighted by atomic mass is 16.3. The highest BCUT2D eigenvalue weighted by Gasteiger charge is 2.39. The van der Waals surface area contributed by atoms with Crippen LogP contribution in [0.25, 0.3) is 5.69 Å². The van der Waals surface area contributed by atoms with Crippen molar-refractivity contribution in [3.05, 3.63) is 53.1 Å². The normalized spacial score (nSPS) is 19.9. The molecule has 5 heterocycles. The van der Waals surface area contributed by atoms with E-state index < -0.39 is 11.9 Å². The number of benzene rings is 1. The summed E-state index contributed by atoms with van der Waals surface area (Å²) in [5.74, 6) is -1.36. The van der Waals surface area contributed by atoms with Crippen LogP contribution < -0.4 is 5.32 Å². The van der Waals surface area contributed by atoms with E-state index in [9.17, 15) is 19.2 Å². The molecule has 0 saturated carbocycles. The minimum atomic E-state index is -0.685. The van der Waals surface area contributed by atoms with Gasteiger partial charge in [-0.2, -0.15) is 0 Å². The molecule has 36 heavy (non-hydrogen) atoms. The van der Waals surface area contributed by atoms with E-state index in [1.807, 2.05) is 0 Å². The van der Waals surface area contributed by atoms with Crippen molar-refractivity contribution in [1.29, 1.82) is 0 Å². The lowest BCUT2D eigenvalue weighted by atomic mass is 10.0. The largest absolute Gasteiger partial charge is 0.390 e. The molecule has 1 unspecified atom stereocenters. The number of aromatic nitrogens is 6. The molecule has 2 aromatic heterocycles. The van der Waals surface area contributed by atoms with Crippen molar-refractivity contribution < 1.29 is 24.3 Å². The second-order valence-electron chi connectivity index (χ2n) is 9.00. The minimum absolute atomic E-state index is 0.0215. The summed E-state index contributed by atoms with van der Waals surface area (Å²) in [5, 5.41) is 27.3. The van der Waals surface area contributed by atoms with Gasteiger partial charge in [-0.15, -0.1) is 10.2 Å². The number of nitrogens with zero attached hydrogens (tertiary/aromatic N) is 8. The fraction of sp³-hybridized carbons (Fsp3) is 0.364. The summed E-state index contributed by atoms with van der Waals surface area (Å²) in [7, 11) is 0. The Morgan fingerprint density at radius 1 is 1.11 bits per heavy atom. The van der Waals surface area contributed by atoms with Crippen molar-refractivity contribution in [3.63, 3.8) is 0 Å². The first-order chi connectivity index (χ1) is 17.4. The van der Waals surface area contributed by atoms with E-state index in [0.29, 0.717) is 36.5 Å². The van der Waals surface area contributed by atoms with Gasteiger partial charge in [0.2, 0.25) is 11.8 Å². The third kappa shape index (κ3) is 3.62. The number of aliphatic hydroxyl groups excluding tert-OH is 1. The summed E-state index contributed by atoms with van der Waals surface area (Å²) >= 11 is 0. The molecule has 184 valence electrons. The molecule has 2 N–H and O–H groups in total. The summed E-state index contributed by atoms with van der Waals surface area (Å²) in [6.45, 7) is 0.956. The van der Waals surface area contributed by atoms with Gasteiger partial charge >= 0.3 is 0 Å². The van der Waals surface area contributed by atoms with Crippen molar-refractivity contribution in [2.75, 3.05) is 13.1 Å². The Bertz CT molecular complexity index is 1410. The predicted octanol–water partition coefficient (Wildman–Crippen LogP) is -1.19. The second-order valence-corrected chi connectivity index (χ2v) is 9.00. The smallest absolute Gasteiger partial charge is 0.276 e. The third-order valence-corrected chi connectivity index (χ3v) is 6.73. The average molecular weight is 491 g/mol. The van der Waals surface area contributed by atoms with E-state index in [2.05, 4.69) is 25.9 Å². The number of carbonyl (C=O) groups is 4. The lowest BCUT2D eigenvalue weighted by Gasteiger charge is -2.38. The van der Waals surface area contributed by atoms with Crippen LogP contribution in [0.1, 0.15) is 51.0 Å². The molecule has 0 spiro atoms. The number of hydrogen-bond donors (Lipinski definition) is 2. The van der Waals surface area contributed by atoms with Gasteiger partial charge in [0.15, 0.2) is 5.69 Å². The van der Waals surface area contributed by atoms with Crippen LogP contribution in [0.4, 0.5) is 0 Å². The van der Waals surface area contributed by atoms with E-state index in [1.54, 1.807) is 34.0 Å². The SMILES string of the molecule is O=C1CCC(N2Cc3ccc(-n4cc(C(=O)N5CC(n6cc(CO)nn6)C5)nn4)cc3C2=O)C(=O)N1. The minimum Gasteiger partial charge on any atom is -0.390 e. The number of imide groups is 1. The van der Waals surface area contributed by atoms with Crippen LogP contribution in [0.5, 0.6) is 0 Å². The summed E-state index contributed by atoms with van der Waals surface area (Å²) in [4.78, 5) is 52.7. The van der Waals surface area contributed by atoms with Crippen LogP contribution in [0, 0.1) is 0 Å². The summed E-state index contributed by atoms with van der Waals surface area (Å²) in [6, 6.07) is 4.51. The number of rotatable bonds is 5. The first kappa shape index (κ1) is 22.0. The number of nitrogens with one attached hydrogen (secondary N) is 1. The number of hydrogen-bond acceptors (Lipinski definition) is 9. The molecule has 1 aromatic carbocycles. The maximum Gasteiger partial charge on any atom is 0.276 e. The van der Waals surface area contributed by atoms with E-state index in [0.717, 1.165) is 5.56 Å². The van der Waals surface area contributed by atoms with E-state index in [-0.39, 0.29) is 49.0 Å². The molecule has 14 heteroatoms. The van der Waals surface area contributed by atoms with Gasteiger partial charge in [0.1, 0.15) is 11.7 Å². The van der Waals surface area contributed by atoms with Crippen molar-refractivity contribution >= 4 is 23.6 Å². The molecule has 2 fully saturated rings. The highest BCUT2D eigenvalue weighted by molar-refractivity contribution is 6.05. The molecule has 0 bridgehead atoms. The van der Waals surface area contributed by atoms with Crippen LogP contribution in [0.3, 0.4) is 0 Å². The summed E-state index contributed by atoms with van der Waals surface area (Å²) in [5.41, 5.74) is 2.41. The fourth-order valence-electron chi connectivity index (χ4n) is 4.69. The monoisotopic (exact) mass is 491 g/mol. The molecule has 0 radical (unpaired) electrons. The lowest BCUT2D eigenvalue weighted by Crippen LogP contribution is -2.52. The molecule has 0 aliphatic carbocycles. The Morgan fingerprint density at radius 2 is 1.94 bits per heavy atom. The van der Waals surface area contributed by atoms with Crippen LogP contribution >= 0.6 is 0 Å². The van der Waals surface area contributed by atoms with Crippen LogP contribution in [-0.4, -0.2) is 87.7 Å². The van der Waals surface area contributed by atoms with E-state index in [1.165, 1.54) is 15.8 Å². The van der Waals surface area contributed by atoms with Gasteiger partial charge in [0.05, 0.1) is 30.7 Å². The van der Waals surface area contributed by atoms with Gasteiger partial charge in [0, 0.05) is 31.6 Å². The first-order valence-electron chi connectivity index (χ1n) is 11.4. The van der Waals surface area contributed by atoms with Crippen molar-refractivity contribution in [2.24, 2.45) is 0 Å². The molecular formula is C22H21N9O5. The number of amides is 4. The fourth-order valence-corrected chi connectivity index (χ4v) is 4.69. The van der Waals surface area contributed by atoms with E-state index >= 15 is 0 Å². The Morgan fingerprint density at radius 3 is 2.69 bits per heavy atom. The molecule has 1 atom stereocenters. The van der Waals surface area contributed by atoms with Crippen LogP contribution in [0.2, 0.25) is 0 Å². The van der Waals surface area contributed by atoms with Crippen LogP contribution in [-0.2, 0) is 22.7 Å². The molecule has 14 nitrogen and oxygen atoms in total. The second kappa shape index (κ2) is 8.34. The number of likely N-dealkylation sites (tertiary alicyclic amines) is 1. The maximum absolute atomic E-state index is 13.1. The highest BCUT2D eigenvalue weighted by Crippen LogP contribution is 2.29. The topological polar surface area (TPSA) is 168 Å². The molecule has 6 rings (SSSR count). The Hall–Kier alpha value is -4.46. The van der Waals surface area contributed by atoms with Gasteiger partial charge in [-0.3, -0.25) is 24.5 Å². The molecule has 4 amide bonds. The average Bonchev–Trinajstić information content (AvgIpc) is 3.58. The van der Waals surface area contributed by atoms with Gasteiger partial charge in [-0.1, -0.05) is 16.5 Å². The first-order valence-corrected chi connectivity index (χ1v) is 11.4. The van der Waals surface area contributed by atoms with Gasteiger partial charge in [-0.25, -0.2) is 9.36 Å². The molecule has 3 aliphatic heterocycles. The zero-order valence-corrected chi connectivity index (χ0v) is 18.9. The standard InChI is InChI=1S/C22H21N9O5/c32-11-13-7-30(26-24-13)15-8-28(9-15)22(36)17-10-31(27-25-17)14-2-1-12-6-29(21(35)16(12)5-14)18-3-4-19(33)23-20(18)34/h1-2,5,7,10,15,18,32H,3-4,6,8-9,11H2,(H,23,33,34). The number of aliphatic hydroxyl groups is 1. The summed E-state index contributed by atoms with van der Waals surface area (Å²) < 4.78 is 3.06. The molecule has 3 aromatic rings. The quantitative estimate of drug-likeness (QED) is 0.417. The third-order valence-electron chi connectivity index (χ3n) is 6.73. The number of carbonyl (C=O) groups excluding carboxylic acids is 4. The van der Waals surface area contributed by atoms with Crippen LogP contribution in [0.15, 0.2) is 30.6 Å². The number of piperidine rings is 1. The van der Waals surface area contributed by atoms with Gasteiger partial charge < -0.3 is 14.9 Å². The molecule has 3 aliphatic rings. The molecule has 2 saturated heterocycles. The van der Waals surface area contributed by atoms with E-state index in [4.69, 9.17) is 5.11 Å². The zero-order chi connectivity index (χ0) is 25.0. The summed E-state index contributed by atoms with van der Waals surface area (Å²) in [6.07, 6.45) is 3.65. The lowest BCUT2D eigenvalue weighted by molar-refractivity contribution is -0.136. The Kier molecular flexibility index (Phi) is 5.10. The molecular weight excluding hydrogens is 470 g/mol. The van der Waals surface area contributed by atoms with Crippen molar-refractivity contribution in [2.45, 2.75) is 38.1 Å².